The number of nitrogens with zero attached hydrogens (tertiary/aromatic N) is 3. The molecule has 7 heteroatoms. The second-order valence-electron chi connectivity index (χ2n) is 6.42. The summed E-state index contributed by atoms with van der Waals surface area (Å²) in [5.41, 5.74) is 4.06. The molecule has 2 aromatic carbocycles. The summed E-state index contributed by atoms with van der Waals surface area (Å²) in [6.07, 6.45) is 0.988. The average molecular weight is 408 g/mol. The Bertz CT molecular complexity index is 1150. The quantitative estimate of drug-likeness (QED) is 0.428. The molecule has 140 valence electrons. The molecule has 3 heterocycles. The lowest BCUT2D eigenvalue weighted by molar-refractivity contribution is 0.174. The van der Waals surface area contributed by atoms with E-state index in [0.717, 1.165) is 55.2 Å². The number of aromatic nitrogens is 3. The minimum absolute atomic E-state index is 0.260. The van der Waals surface area contributed by atoms with E-state index in [1.54, 1.807) is 23.1 Å². The van der Waals surface area contributed by atoms with Crippen LogP contribution in [0, 0.1) is 6.92 Å². The first-order valence-electron chi connectivity index (χ1n) is 8.98. The molecule has 0 unspecified atom stereocenters. The van der Waals surface area contributed by atoms with Crippen LogP contribution in [-0.2, 0) is 6.42 Å². The highest BCUT2D eigenvalue weighted by Crippen LogP contribution is 2.39. The van der Waals surface area contributed by atoms with Crippen molar-refractivity contribution in [1.29, 1.82) is 0 Å². The van der Waals surface area contributed by atoms with Gasteiger partial charge in [-0.15, -0.1) is 33.3 Å². The summed E-state index contributed by atoms with van der Waals surface area (Å²) in [4.78, 5) is 4.74. The maximum absolute atomic E-state index is 5.51. The van der Waals surface area contributed by atoms with Crippen molar-refractivity contribution >= 4 is 33.3 Å². The lowest BCUT2D eigenvalue weighted by Crippen LogP contribution is -1.95. The van der Waals surface area contributed by atoms with Gasteiger partial charge in [-0.2, -0.15) is 0 Å². The van der Waals surface area contributed by atoms with E-state index in [1.807, 2.05) is 31.2 Å². The normalized spacial score (nSPS) is 12.6. The van der Waals surface area contributed by atoms with Crippen molar-refractivity contribution in [3.63, 3.8) is 0 Å². The van der Waals surface area contributed by atoms with Crippen LogP contribution >= 0.6 is 23.1 Å². The molecule has 0 N–H and O–H groups in total. The van der Waals surface area contributed by atoms with Gasteiger partial charge in [-0.05, 0) is 37.1 Å². The Balaban J connectivity index is 1.45. The SMILES string of the molecule is Cc1nc2c(SCCc3ccccc3)nnc(-c3ccc4c(c3)OCO4)c2s1. The molecule has 0 atom stereocenters. The zero-order valence-electron chi connectivity index (χ0n) is 15.2. The van der Waals surface area contributed by atoms with Crippen LogP contribution in [0.1, 0.15) is 10.6 Å². The average Bonchev–Trinajstić information content (AvgIpc) is 3.34. The van der Waals surface area contributed by atoms with Gasteiger partial charge < -0.3 is 9.47 Å². The van der Waals surface area contributed by atoms with E-state index < -0.39 is 0 Å². The predicted octanol–water partition coefficient (Wildman–Crippen LogP) is 5.13. The van der Waals surface area contributed by atoms with E-state index in [0.29, 0.717) is 0 Å². The lowest BCUT2D eigenvalue weighted by atomic mass is 10.1. The second-order valence-corrected chi connectivity index (χ2v) is 8.70. The largest absolute Gasteiger partial charge is 0.454 e. The molecule has 1 aliphatic heterocycles. The maximum atomic E-state index is 5.51. The van der Waals surface area contributed by atoms with Crippen molar-refractivity contribution in [2.24, 2.45) is 0 Å². The van der Waals surface area contributed by atoms with Crippen LogP contribution in [0.25, 0.3) is 21.5 Å². The smallest absolute Gasteiger partial charge is 0.231 e. The van der Waals surface area contributed by atoms with E-state index in [1.165, 1.54) is 5.56 Å². The Hall–Kier alpha value is -2.64. The maximum Gasteiger partial charge on any atom is 0.231 e. The number of thioether (sulfide) groups is 1. The number of benzene rings is 2. The highest BCUT2D eigenvalue weighted by atomic mass is 32.2. The van der Waals surface area contributed by atoms with Gasteiger partial charge in [-0.25, -0.2) is 4.98 Å². The Labute approximate surface area is 170 Å². The Morgan fingerprint density at radius 2 is 1.89 bits per heavy atom. The number of aryl methyl sites for hydroxylation is 2. The first-order valence-corrected chi connectivity index (χ1v) is 10.8. The Morgan fingerprint density at radius 3 is 2.79 bits per heavy atom. The topological polar surface area (TPSA) is 57.1 Å². The molecule has 0 radical (unpaired) electrons. The number of hydrogen-bond acceptors (Lipinski definition) is 7. The van der Waals surface area contributed by atoms with Gasteiger partial charge in [0.1, 0.15) is 16.2 Å². The number of ether oxygens (including phenoxy) is 2. The fourth-order valence-corrected chi connectivity index (χ4v) is 5.07. The molecule has 5 nitrogen and oxygen atoms in total. The summed E-state index contributed by atoms with van der Waals surface area (Å²) >= 11 is 3.36. The highest BCUT2D eigenvalue weighted by molar-refractivity contribution is 7.99. The van der Waals surface area contributed by atoms with Gasteiger partial charge in [0.15, 0.2) is 11.5 Å². The van der Waals surface area contributed by atoms with Crippen molar-refractivity contribution in [1.82, 2.24) is 15.2 Å². The molecule has 5 rings (SSSR count). The first kappa shape index (κ1) is 17.5. The Kier molecular flexibility index (Phi) is 4.62. The zero-order valence-corrected chi connectivity index (χ0v) is 16.8. The fraction of sp³-hybridized carbons (Fsp3) is 0.190. The summed E-state index contributed by atoms with van der Waals surface area (Å²) in [5, 5.41) is 11.0. The minimum Gasteiger partial charge on any atom is -0.454 e. The van der Waals surface area contributed by atoms with Gasteiger partial charge in [0, 0.05) is 11.3 Å². The third-order valence-electron chi connectivity index (χ3n) is 4.51. The fourth-order valence-electron chi connectivity index (χ4n) is 3.16. The van der Waals surface area contributed by atoms with Crippen LogP contribution < -0.4 is 9.47 Å². The van der Waals surface area contributed by atoms with Crippen molar-refractivity contribution < 1.29 is 9.47 Å². The molecule has 0 saturated carbocycles. The molecule has 1 aliphatic rings. The molecule has 4 aromatic rings. The van der Waals surface area contributed by atoms with E-state index >= 15 is 0 Å². The van der Waals surface area contributed by atoms with Crippen LogP contribution in [0.4, 0.5) is 0 Å². The molecular formula is C21H17N3O2S2. The summed E-state index contributed by atoms with van der Waals surface area (Å²) in [5.74, 6) is 2.45. The third kappa shape index (κ3) is 3.31. The van der Waals surface area contributed by atoms with Crippen LogP contribution in [0.2, 0.25) is 0 Å². The molecule has 0 bridgehead atoms. The Morgan fingerprint density at radius 1 is 1.04 bits per heavy atom. The van der Waals surface area contributed by atoms with E-state index in [2.05, 4.69) is 34.5 Å². The standard InChI is InChI=1S/C21H17N3O2S2/c1-13-22-19-20(28-13)18(15-7-8-16-17(11-15)26-12-25-16)23-24-21(19)27-10-9-14-5-3-2-4-6-14/h2-8,11H,9-10,12H2,1H3. The number of hydrogen-bond donors (Lipinski definition) is 0. The molecule has 0 aliphatic carbocycles. The molecule has 0 fully saturated rings. The van der Waals surface area contributed by atoms with Crippen molar-refractivity contribution in [2.75, 3.05) is 12.5 Å². The number of rotatable bonds is 5. The van der Waals surface area contributed by atoms with Crippen LogP contribution in [0.3, 0.4) is 0 Å². The molecule has 0 amide bonds. The summed E-state index contributed by atoms with van der Waals surface area (Å²) < 4.78 is 12.0. The molecule has 0 saturated heterocycles. The third-order valence-corrected chi connectivity index (χ3v) is 6.45. The molecule has 0 spiro atoms. The summed E-state index contributed by atoms with van der Waals surface area (Å²) in [7, 11) is 0. The van der Waals surface area contributed by atoms with E-state index in [9.17, 15) is 0 Å². The van der Waals surface area contributed by atoms with Gasteiger partial charge in [0.25, 0.3) is 0 Å². The lowest BCUT2D eigenvalue weighted by Gasteiger charge is -2.06. The van der Waals surface area contributed by atoms with E-state index in [-0.39, 0.29) is 6.79 Å². The van der Waals surface area contributed by atoms with Gasteiger partial charge in [0.05, 0.1) is 9.71 Å². The summed E-state index contributed by atoms with van der Waals surface area (Å²) in [6, 6.07) is 16.4. The zero-order chi connectivity index (χ0) is 18.9. The monoisotopic (exact) mass is 407 g/mol. The first-order chi connectivity index (χ1) is 13.8. The predicted molar refractivity (Wildman–Crippen MR) is 112 cm³/mol. The van der Waals surface area contributed by atoms with Crippen molar-refractivity contribution in [3.8, 4) is 22.8 Å². The molecule has 2 aromatic heterocycles. The van der Waals surface area contributed by atoms with E-state index in [4.69, 9.17) is 14.5 Å². The molecule has 28 heavy (non-hydrogen) atoms. The number of fused-ring (bicyclic) bond motifs is 2. The minimum atomic E-state index is 0.260. The van der Waals surface area contributed by atoms with Gasteiger partial charge >= 0.3 is 0 Å². The van der Waals surface area contributed by atoms with Gasteiger partial charge in [-0.3, -0.25) is 0 Å². The van der Waals surface area contributed by atoms with Crippen LogP contribution in [0.5, 0.6) is 11.5 Å². The molecular weight excluding hydrogens is 390 g/mol. The van der Waals surface area contributed by atoms with Crippen molar-refractivity contribution in [3.05, 3.63) is 59.1 Å². The highest BCUT2D eigenvalue weighted by Gasteiger charge is 2.19. The van der Waals surface area contributed by atoms with Gasteiger partial charge in [-0.1, -0.05) is 30.3 Å². The second kappa shape index (κ2) is 7.41. The number of thiazole rings is 1. The van der Waals surface area contributed by atoms with Crippen LogP contribution in [-0.4, -0.2) is 27.7 Å². The summed E-state index contributed by atoms with van der Waals surface area (Å²) in [6.45, 7) is 2.28. The van der Waals surface area contributed by atoms with Crippen LogP contribution in [0.15, 0.2) is 53.6 Å². The van der Waals surface area contributed by atoms with Gasteiger partial charge in [0.2, 0.25) is 6.79 Å². The van der Waals surface area contributed by atoms with Crippen molar-refractivity contribution in [2.45, 2.75) is 18.4 Å².